The molecule has 3 aromatic heterocycles. The minimum atomic E-state index is -0.182. The number of fused-ring (bicyclic) bond motifs is 1. The van der Waals surface area contributed by atoms with E-state index in [0.29, 0.717) is 38.9 Å². The SMILES string of the molecule is O=C(NCc1cn2ccccc2n1)C1CCC(=O)N(CCc2ccccn2)C1. The Balaban J connectivity index is 1.31. The lowest BCUT2D eigenvalue weighted by atomic mass is 9.96. The van der Waals surface area contributed by atoms with Crippen LogP contribution in [0.2, 0.25) is 0 Å². The highest BCUT2D eigenvalue weighted by molar-refractivity contribution is 5.83. The van der Waals surface area contributed by atoms with Crippen LogP contribution in [0.25, 0.3) is 5.65 Å². The highest BCUT2D eigenvalue weighted by atomic mass is 16.2. The van der Waals surface area contributed by atoms with Crippen molar-refractivity contribution in [1.82, 2.24) is 24.6 Å². The molecular weight excluding hydrogens is 354 g/mol. The number of nitrogens with one attached hydrogen (secondary N) is 1. The molecule has 2 amide bonds. The van der Waals surface area contributed by atoms with Crippen molar-refractivity contribution in [2.45, 2.75) is 25.8 Å². The average Bonchev–Trinajstić information content (AvgIpc) is 3.15. The molecule has 4 rings (SSSR count). The molecule has 1 N–H and O–H groups in total. The Bertz CT molecular complexity index is 936. The van der Waals surface area contributed by atoms with Gasteiger partial charge in [0.25, 0.3) is 0 Å². The standard InChI is InChI=1S/C21H23N5O2/c27-20-8-7-16(14-26(20)12-9-17-5-1-3-10-22-17)21(28)23-13-18-15-25-11-4-2-6-19(25)24-18/h1-6,10-11,15-16H,7-9,12-14H2,(H,23,28). The van der Waals surface area contributed by atoms with Gasteiger partial charge in [0.2, 0.25) is 11.8 Å². The van der Waals surface area contributed by atoms with Gasteiger partial charge in [-0.3, -0.25) is 14.6 Å². The maximum Gasteiger partial charge on any atom is 0.225 e. The summed E-state index contributed by atoms with van der Waals surface area (Å²) in [6, 6.07) is 11.6. The molecular formula is C21H23N5O2. The zero-order valence-electron chi connectivity index (χ0n) is 15.6. The van der Waals surface area contributed by atoms with Gasteiger partial charge in [0.1, 0.15) is 5.65 Å². The molecule has 4 heterocycles. The van der Waals surface area contributed by atoms with Gasteiger partial charge >= 0.3 is 0 Å². The van der Waals surface area contributed by atoms with Crippen LogP contribution in [0.5, 0.6) is 0 Å². The average molecular weight is 377 g/mol. The van der Waals surface area contributed by atoms with Gasteiger partial charge in [-0.15, -0.1) is 0 Å². The molecule has 1 fully saturated rings. The van der Waals surface area contributed by atoms with E-state index in [-0.39, 0.29) is 17.7 Å². The number of piperidine rings is 1. The minimum Gasteiger partial charge on any atom is -0.350 e. The first-order valence-electron chi connectivity index (χ1n) is 9.57. The minimum absolute atomic E-state index is 0.0209. The molecule has 0 spiro atoms. The van der Waals surface area contributed by atoms with Crippen LogP contribution in [0.4, 0.5) is 0 Å². The predicted molar refractivity (Wildman–Crippen MR) is 104 cm³/mol. The topological polar surface area (TPSA) is 79.6 Å². The third-order valence-corrected chi connectivity index (χ3v) is 5.09. The maximum atomic E-state index is 12.6. The molecule has 1 aliphatic heterocycles. The molecule has 1 atom stereocenters. The number of hydrogen-bond donors (Lipinski definition) is 1. The fourth-order valence-corrected chi connectivity index (χ4v) is 3.53. The third-order valence-electron chi connectivity index (χ3n) is 5.09. The number of amides is 2. The van der Waals surface area contributed by atoms with E-state index in [2.05, 4.69) is 15.3 Å². The van der Waals surface area contributed by atoms with Gasteiger partial charge in [0.15, 0.2) is 0 Å². The first kappa shape index (κ1) is 18.2. The van der Waals surface area contributed by atoms with Crippen molar-refractivity contribution >= 4 is 17.5 Å². The molecule has 0 bridgehead atoms. The van der Waals surface area contributed by atoms with Crippen LogP contribution in [0.15, 0.2) is 55.0 Å². The highest BCUT2D eigenvalue weighted by Crippen LogP contribution is 2.18. The maximum absolute atomic E-state index is 12.6. The fourth-order valence-electron chi connectivity index (χ4n) is 3.53. The van der Waals surface area contributed by atoms with Crippen LogP contribution in [-0.2, 0) is 22.6 Å². The molecule has 0 saturated carbocycles. The Morgan fingerprint density at radius 3 is 2.89 bits per heavy atom. The summed E-state index contributed by atoms with van der Waals surface area (Å²) in [7, 11) is 0. The van der Waals surface area contributed by atoms with E-state index >= 15 is 0 Å². The summed E-state index contributed by atoms with van der Waals surface area (Å²) in [5, 5.41) is 2.97. The molecule has 28 heavy (non-hydrogen) atoms. The number of pyridine rings is 2. The Morgan fingerprint density at radius 1 is 1.18 bits per heavy atom. The monoisotopic (exact) mass is 377 g/mol. The number of nitrogens with zero attached hydrogens (tertiary/aromatic N) is 4. The highest BCUT2D eigenvalue weighted by Gasteiger charge is 2.30. The van der Waals surface area contributed by atoms with Gasteiger partial charge in [-0.2, -0.15) is 0 Å². The van der Waals surface area contributed by atoms with Crippen molar-refractivity contribution < 1.29 is 9.59 Å². The van der Waals surface area contributed by atoms with Crippen molar-refractivity contribution in [2.75, 3.05) is 13.1 Å². The zero-order chi connectivity index (χ0) is 19.3. The number of likely N-dealkylation sites (tertiary alicyclic amines) is 1. The van der Waals surface area contributed by atoms with E-state index in [0.717, 1.165) is 17.0 Å². The smallest absolute Gasteiger partial charge is 0.225 e. The van der Waals surface area contributed by atoms with E-state index in [1.54, 1.807) is 11.1 Å². The lowest BCUT2D eigenvalue weighted by molar-refractivity contribution is -0.138. The van der Waals surface area contributed by atoms with E-state index in [9.17, 15) is 9.59 Å². The van der Waals surface area contributed by atoms with Gasteiger partial charge in [0, 0.05) is 50.2 Å². The second-order valence-corrected chi connectivity index (χ2v) is 7.06. The normalized spacial score (nSPS) is 17.1. The summed E-state index contributed by atoms with van der Waals surface area (Å²) in [5.41, 5.74) is 2.63. The molecule has 1 aliphatic rings. The third kappa shape index (κ3) is 4.19. The molecule has 144 valence electrons. The number of hydrogen-bond acceptors (Lipinski definition) is 4. The summed E-state index contributed by atoms with van der Waals surface area (Å²) >= 11 is 0. The number of imidazole rings is 1. The molecule has 1 saturated heterocycles. The van der Waals surface area contributed by atoms with E-state index in [1.807, 2.05) is 53.2 Å². The van der Waals surface area contributed by atoms with Crippen LogP contribution in [-0.4, -0.2) is 44.2 Å². The van der Waals surface area contributed by atoms with Crippen molar-refractivity contribution in [1.29, 1.82) is 0 Å². The summed E-state index contributed by atoms with van der Waals surface area (Å²) in [6.07, 6.45) is 7.30. The van der Waals surface area contributed by atoms with E-state index in [4.69, 9.17) is 0 Å². The largest absolute Gasteiger partial charge is 0.350 e. The van der Waals surface area contributed by atoms with Crippen LogP contribution < -0.4 is 5.32 Å². The van der Waals surface area contributed by atoms with E-state index < -0.39 is 0 Å². The first-order valence-corrected chi connectivity index (χ1v) is 9.57. The van der Waals surface area contributed by atoms with Crippen LogP contribution >= 0.6 is 0 Å². The number of aromatic nitrogens is 3. The number of carbonyl (C=O) groups excluding carboxylic acids is 2. The summed E-state index contributed by atoms with van der Waals surface area (Å²) in [5.74, 6) is -0.0915. The Morgan fingerprint density at radius 2 is 2.07 bits per heavy atom. The number of rotatable bonds is 6. The Kier molecular flexibility index (Phi) is 5.32. The molecule has 0 aliphatic carbocycles. The number of carbonyl (C=O) groups is 2. The fraction of sp³-hybridized carbons (Fsp3) is 0.333. The first-order chi connectivity index (χ1) is 13.7. The molecule has 7 heteroatoms. The van der Waals surface area contributed by atoms with Gasteiger partial charge in [-0.1, -0.05) is 12.1 Å². The van der Waals surface area contributed by atoms with E-state index in [1.165, 1.54) is 0 Å². The summed E-state index contributed by atoms with van der Waals surface area (Å²) in [4.78, 5) is 35.4. The van der Waals surface area contributed by atoms with Crippen LogP contribution in [0.1, 0.15) is 24.2 Å². The second kappa shape index (κ2) is 8.21. The second-order valence-electron chi connectivity index (χ2n) is 7.06. The molecule has 7 nitrogen and oxygen atoms in total. The van der Waals surface area contributed by atoms with Crippen molar-refractivity contribution in [2.24, 2.45) is 5.92 Å². The lowest BCUT2D eigenvalue weighted by Crippen LogP contribution is -2.46. The van der Waals surface area contributed by atoms with Crippen LogP contribution in [0, 0.1) is 5.92 Å². The van der Waals surface area contributed by atoms with Crippen molar-refractivity contribution in [3.8, 4) is 0 Å². The van der Waals surface area contributed by atoms with Gasteiger partial charge in [0.05, 0.1) is 18.2 Å². The predicted octanol–water partition coefficient (Wildman–Crippen LogP) is 1.83. The van der Waals surface area contributed by atoms with Crippen molar-refractivity contribution in [3.05, 3.63) is 66.4 Å². The quantitative estimate of drug-likeness (QED) is 0.711. The molecule has 3 aromatic rings. The molecule has 0 aromatic carbocycles. The van der Waals surface area contributed by atoms with Gasteiger partial charge < -0.3 is 14.6 Å². The summed E-state index contributed by atoms with van der Waals surface area (Å²) in [6.45, 7) is 1.44. The summed E-state index contributed by atoms with van der Waals surface area (Å²) < 4.78 is 1.93. The van der Waals surface area contributed by atoms with Gasteiger partial charge in [-0.05, 0) is 30.7 Å². The Labute approximate surface area is 163 Å². The lowest BCUT2D eigenvalue weighted by Gasteiger charge is -2.31. The Hall–Kier alpha value is -3.22. The molecule has 1 unspecified atom stereocenters. The van der Waals surface area contributed by atoms with Crippen LogP contribution in [0.3, 0.4) is 0 Å². The van der Waals surface area contributed by atoms with Gasteiger partial charge in [-0.25, -0.2) is 4.98 Å². The zero-order valence-corrected chi connectivity index (χ0v) is 15.6. The van der Waals surface area contributed by atoms with Crippen molar-refractivity contribution in [3.63, 3.8) is 0 Å². The molecule has 0 radical (unpaired) electrons.